The van der Waals surface area contributed by atoms with Crippen molar-refractivity contribution in [3.05, 3.63) is 0 Å². The molecule has 8 amide bonds. The molecule has 0 aromatic heterocycles. The maximum atomic E-state index is 13.7. The highest BCUT2D eigenvalue weighted by molar-refractivity contribution is 5.90. The molecule has 17 N–H and O–H groups in total. The van der Waals surface area contributed by atoms with Gasteiger partial charge in [-0.15, -0.1) is 0 Å². The number of aliphatic hydroxyl groups excluding tert-OH is 9. The van der Waals surface area contributed by atoms with E-state index in [0.29, 0.717) is 25.7 Å². The Kier molecular flexibility index (Phi) is 34.4. The van der Waals surface area contributed by atoms with Crippen LogP contribution in [0.3, 0.4) is 0 Å². The summed E-state index contributed by atoms with van der Waals surface area (Å²) in [5.74, 6) is -5.20. The molecular weight excluding hydrogens is 1190 g/mol. The Balaban J connectivity index is 1.33. The quantitative estimate of drug-likeness (QED) is 0.0201. The maximum Gasteiger partial charge on any atom is 0.242 e. The van der Waals surface area contributed by atoms with Crippen LogP contribution in [0.2, 0.25) is 0 Å². The minimum absolute atomic E-state index is 0.00978. The van der Waals surface area contributed by atoms with Gasteiger partial charge in [-0.2, -0.15) is 0 Å². The monoisotopic (exact) mass is 1290 g/mol. The van der Waals surface area contributed by atoms with Crippen LogP contribution in [0.5, 0.6) is 0 Å². The fourth-order valence-electron chi connectivity index (χ4n) is 10.2. The minimum Gasteiger partial charge on any atom is -0.394 e. The summed E-state index contributed by atoms with van der Waals surface area (Å²) < 4.78 is 55.6. The fourth-order valence-corrected chi connectivity index (χ4v) is 10.2. The lowest BCUT2D eigenvalue weighted by molar-refractivity contribution is -0.272. The Labute approximate surface area is 514 Å². The van der Waals surface area contributed by atoms with E-state index in [-0.39, 0.29) is 104 Å². The maximum absolute atomic E-state index is 13.7. The van der Waals surface area contributed by atoms with Crippen molar-refractivity contribution in [3.63, 3.8) is 0 Å². The van der Waals surface area contributed by atoms with Crippen LogP contribution < -0.4 is 42.5 Å². The normalized spacial score (nSPS) is 30.2. The van der Waals surface area contributed by atoms with E-state index in [1.807, 2.05) is 0 Å². The largest absolute Gasteiger partial charge is 0.394 e. The number of rotatable bonds is 39. The summed E-state index contributed by atoms with van der Waals surface area (Å²) in [6, 6.07) is -4.92. The highest BCUT2D eigenvalue weighted by Gasteiger charge is 2.52. The topological polar surface area (TPSA) is 507 Å². The van der Waals surface area contributed by atoms with Crippen LogP contribution in [0.25, 0.3) is 0 Å². The van der Waals surface area contributed by atoms with Gasteiger partial charge in [-0.05, 0) is 38.5 Å². The number of carbonyl (C=O) groups is 8. The van der Waals surface area contributed by atoms with Crippen molar-refractivity contribution >= 4 is 47.3 Å². The van der Waals surface area contributed by atoms with E-state index in [2.05, 4.69) is 42.5 Å². The summed E-state index contributed by atoms with van der Waals surface area (Å²) >= 11 is 0. The second-order valence-electron chi connectivity index (χ2n) is 21.7. The standard InChI is InChI=1S/C54H94N8O27/c1-29(66)58-41-46(74)43(71)37(26-64)88-52(41)84-22-19-81-16-13-55-39(69)11-9-34(50(78)56-14-17-82-20-23-85-53-42(59-30(2)67)47(75)44(72)38(27-65)89-53)60-40(70)12-10-35(61-49(77)32-5-7-33(80-4)8-6-32)51(79)57-15-18-83-21-24-87-54(62-31(3)68)28-86-36(25-63)45(73)48(54)76/h32-38,41-48,52-53,63-65,71-76H,5-28H2,1-4H3,(H,55,69)(H,56,78)(H,57,79)(H,58,66)(H,59,67)(H,60,70)(H,61,77)(H,62,68)/t32-,33+,34?,35?,36?,37?,38?,41?,42?,43?,44?,45?,46?,47?,48?,52?,53?,54?. The first kappa shape index (κ1) is 76.5. The summed E-state index contributed by atoms with van der Waals surface area (Å²) in [4.78, 5) is 103. The SMILES string of the molecule is CO[C@H]1CC[C@@H](C(=O)NC(CCC(=O)NC(CCC(=O)NCCOCCOC2OC(CO)C(O)C(O)C2NC(C)=O)C(=O)NCCOCCOC2OC(CO)C(O)C(O)C2NC(C)=O)C(=O)NCCOCCOC2(NC(C)=O)COC(CO)C(O)C2O)CC1. The van der Waals surface area contributed by atoms with Crippen LogP contribution >= 0.6 is 0 Å². The molecule has 3 saturated heterocycles. The van der Waals surface area contributed by atoms with Gasteiger partial charge in [0, 0.05) is 66.3 Å². The highest BCUT2D eigenvalue weighted by atomic mass is 16.7. The van der Waals surface area contributed by atoms with Crippen LogP contribution in [-0.2, 0) is 85.7 Å². The van der Waals surface area contributed by atoms with Gasteiger partial charge in [0.05, 0.1) is 92.0 Å². The van der Waals surface area contributed by atoms with Gasteiger partial charge in [-0.3, -0.25) is 38.4 Å². The molecule has 0 aromatic rings. The minimum atomic E-state index is -1.86. The van der Waals surface area contributed by atoms with Crippen molar-refractivity contribution in [2.24, 2.45) is 5.92 Å². The van der Waals surface area contributed by atoms with Gasteiger partial charge < -0.3 is 136 Å². The Morgan fingerprint density at radius 2 is 0.989 bits per heavy atom. The summed E-state index contributed by atoms with van der Waals surface area (Å²) in [7, 11) is 1.58. The van der Waals surface area contributed by atoms with Crippen molar-refractivity contribution < 1.29 is 132 Å². The van der Waals surface area contributed by atoms with Crippen molar-refractivity contribution in [1.29, 1.82) is 0 Å². The molecular formula is C54H94N8O27. The predicted octanol–water partition coefficient (Wildman–Crippen LogP) is -9.00. The number of carbonyl (C=O) groups excluding carboxylic acids is 8. The molecule has 35 nitrogen and oxygen atoms in total. The third-order valence-electron chi connectivity index (χ3n) is 15.0. The van der Waals surface area contributed by atoms with Crippen molar-refractivity contribution in [2.75, 3.05) is 113 Å². The highest BCUT2D eigenvalue weighted by Crippen LogP contribution is 2.28. The van der Waals surface area contributed by atoms with Gasteiger partial charge in [-0.1, -0.05) is 0 Å². The van der Waals surface area contributed by atoms with E-state index >= 15 is 0 Å². The molecule has 0 spiro atoms. The lowest BCUT2D eigenvalue weighted by Gasteiger charge is -2.45. The summed E-state index contributed by atoms with van der Waals surface area (Å²) in [5, 5.41) is 112. The second-order valence-corrected chi connectivity index (χ2v) is 21.7. The van der Waals surface area contributed by atoms with Gasteiger partial charge in [-0.25, -0.2) is 0 Å². The molecule has 89 heavy (non-hydrogen) atoms. The second kappa shape index (κ2) is 40.1. The van der Waals surface area contributed by atoms with Gasteiger partial charge in [0.25, 0.3) is 0 Å². The summed E-state index contributed by atoms with van der Waals surface area (Å²) in [5.41, 5.74) is -1.86. The van der Waals surface area contributed by atoms with Crippen LogP contribution in [0.1, 0.15) is 72.1 Å². The lowest BCUT2D eigenvalue weighted by Crippen LogP contribution is -2.70. The number of methoxy groups -OCH3 is 1. The Morgan fingerprint density at radius 1 is 0.528 bits per heavy atom. The van der Waals surface area contributed by atoms with E-state index in [1.54, 1.807) is 7.11 Å². The lowest BCUT2D eigenvalue weighted by atomic mass is 9.86. The van der Waals surface area contributed by atoms with E-state index < -0.39 is 183 Å². The Hall–Kier alpha value is -5.00. The predicted molar refractivity (Wildman–Crippen MR) is 301 cm³/mol. The van der Waals surface area contributed by atoms with Gasteiger partial charge in [0.1, 0.15) is 79.1 Å². The molecule has 16 unspecified atom stereocenters. The molecule has 16 atom stereocenters. The first-order valence-corrected chi connectivity index (χ1v) is 29.7. The number of ether oxygens (including phenoxy) is 10. The molecule has 4 fully saturated rings. The molecule has 1 saturated carbocycles. The average Bonchev–Trinajstić information content (AvgIpc) is 1.27. The molecule has 3 aliphatic heterocycles. The Morgan fingerprint density at radius 3 is 1.45 bits per heavy atom. The zero-order valence-corrected chi connectivity index (χ0v) is 50.7. The smallest absolute Gasteiger partial charge is 0.242 e. The van der Waals surface area contributed by atoms with Crippen LogP contribution in [0, 0.1) is 5.92 Å². The average molecular weight is 1290 g/mol. The van der Waals surface area contributed by atoms with E-state index in [0.717, 1.165) is 0 Å². The van der Waals surface area contributed by atoms with Crippen LogP contribution in [0.15, 0.2) is 0 Å². The van der Waals surface area contributed by atoms with E-state index in [9.17, 15) is 84.3 Å². The van der Waals surface area contributed by atoms with Gasteiger partial charge in [0.15, 0.2) is 18.3 Å². The molecule has 0 bridgehead atoms. The number of nitrogens with one attached hydrogen (secondary N) is 8. The fraction of sp³-hybridized carbons (Fsp3) is 0.852. The zero-order valence-electron chi connectivity index (χ0n) is 50.7. The molecule has 4 aliphatic rings. The summed E-state index contributed by atoms with van der Waals surface area (Å²) in [6.07, 6.45) is -14.4. The molecule has 512 valence electrons. The van der Waals surface area contributed by atoms with E-state index in [1.165, 1.54) is 20.8 Å². The first-order chi connectivity index (χ1) is 42.5. The van der Waals surface area contributed by atoms with Crippen molar-refractivity contribution in [3.8, 4) is 0 Å². The van der Waals surface area contributed by atoms with Gasteiger partial charge >= 0.3 is 0 Å². The van der Waals surface area contributed by atoms with Crippen LogP contribution in [0.4, 0.5) is 0 Å². The number of aliphatic hydroxyl groups is 9. The molecule has 4 rings (SSSR count). The third-order valence-corrected chi connectivity index (χ3v) is 15.0. The molecule has 0 radical (unpaired) electrons. The summed E-state index contributed by atoms with van der Waals surface area (Å²) in [6.45, 7) is 0.0551. The van der Waals surface area contributed by atoms with Gasteiger partial charge in [0.2, 0.25) is 47.3 Å². The Bertz CT molecular complexity index is 2190. The molecule has 3 heterocycles. The molecule has 0 aromatic carbocycles. The number of amides is 8. The van der Waals surface area contributed by atoms with Crippen molar-refractivity contribution in [1.82, 2.24) is 42.5 Å². The van der Waals surface area contributed by atoms with Crippen molar-refractivity contribution in [2.45, 2.75) is 176 Å². The van der Waals surface area contributed by atoms with E-state index in [4.69, 9.17) is 47.4 Å². The van der Waals surface area contributed by atoms with Crippen LogP contribution in [-0.4, -0.2) is 309 Å². The molecule has 1 aliphatic carbocycles. The zero-order chi connectivity index (χ0) is 65.6. The molecule has 35 heteroatoms. The number of hydrogen-bond acceptors (Lipinski definition) is 27. The number of hydrogen-bond donors (Lipinski definition) is 17. The first-order valence-electron chi connectivity index (χ1n) is 29.7. The third kappa shape index (κ3) is 25.2.